The van der Waals surface area contributed by atoms with Crippen LogP contribution in [-0.4, -0.2) is 23.6 Å². The molecular weight excluding hydrogens is 304 g/mol. The van der Waals surface area contributed by atoms with E-state index in [1.807, 2.05) is 37.3 Å². The summed E-state index contributed by atoms with van der Waals surface area (Å²) in [6.07, 6.45) is 14.3. The molecule has 1 rings (SSSR count). The van der Waals surface area contributed by atoms with Crippen molar-refractivity contribution >= 4 is 5.91 Å². The summed E-state index contributed by atoms with van der Waals surface area (Å²) in [5.74, 6) is 0.454. The van der Waals surface area contributed by atoms with Gasteiger partial charge in [-0.05, 0) is 27.2 Å². The number of carbonyl (C=O) groups is 1. The largest absolute Gasteiger partial charge is 0.448 e. The highest BCUT2D eigenvalue weighted by Crippen LogP contribution is 2.18. The van der Waals surface area contributed by atoms with Crippen LogP contribution >= 0.6 is 0 Å². The second kappa shape index (κ2) is 9.88. The summed E-state index contributed by atoms with van der Waals surface area (Å²) in [5, 5.41) is 0. The molecule has 1 heterocycles. The van der Waals surface area contributed by atoms with Crippen LogP contribution in [0, 0.1) is 5.41 Å². The summed E-state index contributed by atoms with van der Waals surface area (Å²) < 4.78 is 11.1. The Bertz CT molecular complexity index is 584. The van der Waals surface area contributed by atoms with Gasteiger partial charge in [0.2, 0.25) is 5.91 Å². The van der Waals surface area contributed by atoms with Gasteiger partial charge in [0.25, 0.3) is 0 Å². The van der Waals surface area contributed by atoms with Gasteiger partial charge in [-0.1, -0.05) is 42.9 Å². The van der Waals surface area contributed by atoms with Crippen molar-refractivity contribution in [1.29, 1.82) is 0 Å². The van der Waals surface area contributed by atoms with Gasteiger partial charge in [0, 0.05) is 13.0 Å². The molecule has 0 aliphatic rings. The maximum absolute atomic E-state index is 11.3. The Morgan fingerprint density at radius 1 is 1.46 bits per heavy atom. The second-order valence-electron chi connectivity index (χ2n) is 6.30. The predicted octanol–water partition coefficient (Wildman–Crippen LogP) is 3.58. The lowest BCUT2D eigenvalue weighted by Gasteiger charge is -2.15. The lowest BCUT2D eigenvalue weighted by molar-refractivity contribution is -0.123. The quantitative estimate of drug-likeness (QED) is 0.664. The van der Waals surface area contributed by atoms with Crippen molar-refractivity contribution in [1.82, 2.24) is 4.98 Å². The fourth-order valence-corrected chi connectivity index (χ4v) is 2.08. The van der Waals surface area contributed by atoms with Crippen LogP contribution in [0.25, 0.3) is 0 Å². The van der Waals surface area contributed by atoms with Crippen LogP contribution in [0.15, 0.2) is 53.0 Å². The molecule has 5 nitrogen and oxygen atoms in total. The number of ether oxygens (including phenoxy) is 1. The van der Waals surface area contributed by atoms with E-state index in [0.717, 1.165) is 17.8 Å². The van der Waals surface area contributed by atoms with Crippen LogP contribution in [0.4, 0.5) is 0 Å². The summed E-state index contributed by atoms with van der Waals surface area (Å²) in [4.78, 5) is 15.3. The van der Waals surface area contributed by atoms with E-state index in [4.69, 9.17) is 14.9 Å². The molecule has 0 saturated carbocycles. The van der Waals surface area contributed by atoms with Crippen LogP contribution in [0.3, 0.4) is 0 Å². The highest BCUT2D eigenvalue weighted by Gasteiger charge is 2.21. The number of nitrogens with two attached hydrogens (primary N) is 1. The Morgan fingerprint density at radius 3 is 2.79 bits per heavy atom. The number of hydrogen-bond acceptors (Lipinski definition) is 4. The van der Waals surface area contributed by atoms with Gasteiger partial charge in [-0.25, -0.2) is 4.98 Å². The minimum Gasteiger partial charge on any atom is -0.448 e. The van der Waals surface area contributed by atoms with Gasteiger partial charge in [-0.15, -0.1) is 0 Å². The summed E-state index contributed by atoms with van der Waals surface area (Å²) in [6, 6.07) is 0. The molecule has 0 aliphatic carbocycles. The maximum atomic E-state index is 11.3. The van der Waals surface area contributed by atoms with Crippen molar-refractivity contribution in [3.63, 3.8) is 0 Å². The molecule has 0 saturated heterocycles. The van der Waals surface area contributed by atoms with E-state index in [0.29, 0.717) is 13.0 Å². The smallest absolute Gasteiger partial charge is 0.226 e. The Hall–Kier alpha value is -2.14. The normalized spacial score (nSPS) is 14.6. The zero-order valence-electron chi connectivity index (χ0n) is 15.0. The van der Waals surface area contributed by atoms with Gasteiger partial charge in [0.05, 0.1) is 17.7 Å². The van der Waals surface area contributed by atoms with E-state index in [9.17, 15) is 4.79 Å². The number of oxazole rings is 1. The number of aromatic nitrogens is 1. The number of allylic oxidation sites excluding steroid dienone is 4. The Kier molecular flexibility index (Phi) is 8.19. The predicted molar refractivity (Wildman–Crippen MR) is 95.3 cm³/mol. The first-order valence-corrected chi connectivity index (χ1v) is 8.18. The third-order valence-corrected chi connectivity index (χ3v) is 3.44. The summed E-state index contributed by atoms with van der Waals surface area (Å²) in [5.41, 5.74) is 5.69. The van der Waals surface area contributed by atoms with Crippen LogP contribution in [0.2, 0.25) is 0 Å². The molecule has 1 unspecified atom stereocenters. The third kappa shape index (κ3) is 7.42. The van der Waals surface area contributed by atoms with Gasteiger partial charge in [0.15, 0.2) is 6.39 Å². The molecule has 1 aromatic heterocycles. The van der Waals surface area contributed by atoms with Crippen molar-refractivity contribution in [2.75, 3.05) is 6.61 Å². The molecule has 1 atom stereocenters. The molecule has 0 radical (unpaired) electrons. The van der Waals surface area contributed by atoms with Crippen molar-refractivity contribution in [3.8, 4) is 0 Å². The summed E-state index contributed by atoms with van der Waals surface area (Å²) >= 11 is 0. The first-order valence-electron chi connectivity index (χ1n) is 8.18. The third-order valence-electron chi connectivity index (χ3n) is 3.44. The summed E-state index contributed by atoms with van der Waals surface area (Å²) in [6.45, 7) is 8.31. The topological polar surface area (TPSA) is 78.4 Å². The lowest BCUT2D eigenvalue weighted by Crippen LogP contribution is -2.29. The van der Waals surface area contributed by atoms with Gasteiger partial charge < -0.3 is 14.9 Å². The first kappa shape index (κ1) is 19.9. The molecule has 0 aromatic carbocycles. The minimum absolute atomic E-state index is 0.0612. The monoisotopic (exact) mass is 332 g/mol. The lowest BCUT2D eigenvalue weighted by atomic mass is 9.90. The van der Waals surface area contributed by atoms with Gasteiger partial charge >= 0.3 is 0 Å². The summed E-state index contributed by atoms with van der Waals surface area (Å²) in [7, 11) is 0. The van der Waals surface area contributed by atoms with Crippen LogP contribution in [0.1, 0.15) is 39.9 Å². The molecule has 0 spiro atoms. The van der Waals surface area contributed by atoms with Gasteiger partial charge in [-0.3, -0.25) is 4.79 Å². The number of hydrogen-bond donors (Lipinski definition) is 1. The molecule has 1 amide bonds. The van der Waals surface area contributed by atoms with Crippen LogP contribution in [-0.2, 0) is 16.0 Å². The van der Waals surface area contributed by atoms with E-state index < -0.39 is 5.41 Å². The molecule has 132 valence electrons. The Balaban J connectivity index is 2.65. The van der Waals surface area contributed by atoms with Crippen molar-refractivity contribution in [3.05, 3.63) is 54.3 Å². The fraction of sp³-hybridized carbons (Fsp3) is 0.474. The first-order chi connectivity index (χ1) is 11.3. The second-order valence-corrected chi connectivity index (χ2v) is 6.30. The number of primary amides is 1. The van der Waals surface area contributed by atoms with Gasteiger partial charge in [0.1, 0.15) is 5.76 Å². The highest BCUT2D eigenvalue weighted by molar-refractivity contribution is 5.82. The molecule has 0 bridgehead atoms. The molecule has 2 N–H and O–H groups in total. The zero-order valence-corrected chi connectivity index (χ0v) is 15.0. The average molecular weight is 332 g/mol. The van der Waals surface area contributed by atoms with Crippen molar-refractivity contribution < 1.29 is 13.9 Å². The molecular formula is C19H28N2O3. The van der Waals surface area contributed by atoms with E-state index >= 15 is 0 Å². The van der Waals surface area contributed by atoms with E-state index in [1.54, 1.807) is 20.0 Å². The molecule has 0 aliphatic heterocycles. The number of rotatable bonds is 10. The van der Waals surface area contributed by atoms with E-state index in [2.05, 4.69) is 11.9 Å². The van der Waals surface area contributed by atoms with E-state index in [-0.39, 0.29) is 12.0 Å². The number of carbonyl (C=O) groups excluding carboxylic acids is 1. The Morgan fingerprint density at radius 2 is 2.21 bits per heavy atom. The van der Waals surface area contributed by atoms with Crippen molar-refractivity contribution in [2.45, 2.75) is 46.6 Å². The van der Waals surface area contributed by atoms with Crippen LogP contribution < -0.4 is 5.73 Å². The highest BCUT2D eigenvalue weighted by atomic mass is 16.5. The Labute approximate surface area is 144 Å². The van der Waals surface area contributed by atoms with Crippen LogP contribution in [0.5, 0.6) is 0 Å². The number of nitrogens with zero attached hydrogens (tertiary/aromatic N) is 1. The average Bonchev–Trinajstić information content (AvgIpc) is 3.01. The SMILES string of the molecule is CCCOC(/C=C/C=C/C(C)=C/C(C)(C)C(N)=O)Cc1cnco1. The molecule has 24 heavy (non-hydrogen) atoms. The minimum atomic E-state index is -0.656. The maximum Gasteiger partial charge on any atom is 0.226 e. The molecule has 0 fully saturated rings. The fourth-order valence-electron chi connectivity index (χ4n) is 2.08. The number of amides is 1. The molecule has 1 aromatic rings. The van der Waals surface area contributed by atoms with Gasteiger partial charge in [-0.2, -0.15) is 0 Å². The van der Waals surface area contributed by atoms with Crippen molar-refractivity contribution in [2.24, 2.45) is 11.1 Å². The zero-order chi connectivity index (χ0) is 18.0. The van der Waals surface area contributed by atoms with E-state index in [1.165, 1.54) is 6.39 Å². The standard InChI is InChI=1S/C19H28N2O3/c1-5-10-23-16(11-17-13-21-14-24-17)9-7-6-8-15(2)12-19(3,4)18(20)22/h6-9,12-14,16H,5,10-11H2,1-4H3,(H2,20,22)/b8-6+,9-7+,15-12+. The molecule has 5 heteroatoms.